The number of hydrogen-bond acceptors (Lipinski definition) is 3. The number of ether oxygens (including phenoxy) is 1. The molecule has 3 heteroatoms. The molecule has 16 heavy (non-hydrogen) atoms. The highest BCUT2D eigenvalue weighted by molar-refractivity contribution is 6.41. The van der Waals surface area contributed by atoms with Crippen LogP contribution in [0.15, 0.2) is 18.2 Å². The van der Waals surface area contributed by atoms with E-state index in [2.05, 4.69) is 0 Å². The third-order valence-corrected chi connectivity index (χ3v) is 2.83. The first-order valence-electron chi connectivity index (χ1n) is 5.41. The molecule has 0 amide bonds. The van der Waals surface area contributed by atoms with Crippen LogP contribution in [0.3, 0.4) is 0 Å². The van der Waals surface area contributed by atoms with Gasteiger partial charge in [0.2, 0.25) is 0 Å². The highest BCUT2D eigenvalue weighted by Gasteiger charge is 2.30. The van der Waals surface area contributed by atoms with Gasteiger partial charge in [-0.3, -0.25) is 4.79 Å². The van der Waals surface area contributed by atoms with Crippen molar-refractivity contribution < 1.29 is 14.3 Å². The van der Waals surface area contributed by atoms with Crippen molar-refractivity contribution in [1.82, 2.24) is 0 Å². The molecule has 0 saturated heterocycles. The molecule has 0 radical (unpaired) electrons. The maximum Gasteiger partial charge on any atom is 0.379 e. The minimum atomic E-state index is -0.726. The number of ketones is 1. The Kier molecular flexibility index (Phi) is 2.77. The van der Waals surface area contributed by atoms with Gasteiger partial charge in [-0.05, 0) is 37.8 Å². The monoisotopic (exact) mass is 218 g/mol. The van der Waals surface area contributed by atoms with Gasteiger partial charge >= 0.3 is 5.97 Å². The molecule has 0 N–H and O–H groups in total. The number of carbonyl (C=O) groups excluding carboxylic acids is 2. The zero-order chi connectivity index (χ0) is 11.7. The first-order chi connectivity index (χ1) is 7.59. The fourth-order valence-corrected chi connectivity index (χ4v) is 1.50. The van der Waals surface area contributed by atoms with E-state index >= 15 is 0 Å². The number of benzene rings is 1. The molecule has 1 fully saturated rings. The first-order valence-corrected chi connectivity index (χ1v) is 5.41. The van der Waals surface area contributed by atoms with E-state index in [4.69, 9.17) is 4.74 Å². The third-order valence-electron chi connectivity index (χ3n) is 2.83. The molecule has 2 rings (SSSR count). The van der Waals surface area contributed by atoms with Crippen LogP contribution in [0.2, 0.25) is 0 Å². The molecule has 0 heterocycles. The molecule has 1 aromatic carbocycles. The molecule has 0 aliphatic heterocycles. The summed E-state index contributed by atoms with van der Waals surface area (Å²) in [6, 6.07) is 5.36. The van der Waals surface area contributed by atoms with Crippen LogP contribution in [0.4, 0.5) is 0 Å². The Bertz CT molecular complexity index is 444. The zero-order valence-corrected chi connectivity index (χ0v) is 9.45. The predicted molar refractivity (Wildman–Crippen MR) is 59.4 cm³/mol. The van der Waals surface area contributed by atoms with Gasteiger partial charge in [0.25, 0.3) is 5.78 Å². The smallest absolute Gasteiger partial charge is 0.379 e. The Hall–Kier alpha value is -1.64. The van der Waals surface area contributed by atoms with Crippen LogP contribution in [0.5, 0.6) is 0 Å². The van der Waals surface area contributed by atoms with E-state index in [0.29, 0.717) is 5.56 Å². The molecule has 0 aromatic heterocycles. The van der Waals surface area contributed by atoms with E-state index in [9.17, 15) is 9.59 Å². The Morgan fingerprint density at radius 2 is 1.94 bits per heavy atom. The second kappa shape index (κ2) is 4.08. The van der Waals surface area contributed by atoms with Gasteiger partial charge in [0.05, 0.1) is 0 Å². The van der Waals surface area contributed by atoms with Gasteiger partial charge in [0.1, 0.15) is 6.10 Å². The van der Waals surface area contributed by atoms with Crippen molar-refractivity contribution in [2.75, 3.05) is 0 Å². The second-order valence-corrected chi connectivity index (χ2v) is 4.18. The van der Waals surface area contributed by atoms with Crippen LogP contribution in [0, 0.1) is 13.8 Å². The largest absolute Gasteiger partial charge is 0.456 e. The standard InChI is InChI=1S/C13H14O3/c1-8-4-3-5-11(9(8)2)12(14)13(15)16-10-6-7-10/h3-5,10H,6-7H2,1-2H3. The summed E-state index contributed by atoms with van der Waals surface area (Å²) in [6.07, 6.45) is 1.74. The summed E-state index contributed by atoms with van der Waals surface area (Å²) in [5, 5.41) is 0. The van der Waals surface area contributed by atoms with Gasteiger partial charge in [-0.2, -0.15) is 0 Å². The van der Waals surface area contributed by atoms with Crippen LogP contribution in [0.25, 0.3) is 0 Å². The SMILES string of the molecule is Cc1cccc(C(=O)C(=O)OC2CC2)c1C. The van der Waals surface area contributed by atoms with Gasteiger partial charge < -0.3 is 4.74 Å². The number of rotatable bonds is 3. The zero-order valence-electron chi connectivity index (χ0n) is 9.45. The third kappa shape index (κ3) is 2.13. The van der Waals surface area contributed by atoms with Gasteiger partial charge in [-0.15, -0.1) is 0 Å². The summed E-state index contributed by atoms with van der Waals surface area (Å²) >= 11 is 0. The molecule has 0 atom stereocenters. The normalized spacial score (nSPS) is 14.6. The van der Waals surface area contributed by atoms with E-state index in [-0.39, 0.29) is 6.10 Å². The summed E-state index contributed by atoms with van der Waals surface area (Å²) in [4.78, 5) is 23.3. The van der Waals surface area contributed by atoms with Crippen LogP contribution in [-0.2, 0) is 9.53 Å². The topological polar surface area (TPSA) is 43.4 Å². The molecule has 84 valence electrons. The number of Topliss-reactive ketones (excluding diaryl/α,β-unsaturated/α-hetero) is 1. The fourth-order valence-electron chi connectivity index (χ4n) is 1.50. The van der Waals surface area contributed by atoms with Crippen molar-refractivity contribution in [3.63, 3.8) is 0 Å². The molecule has 0 unspecified atom stereocenters. The Morgan fingerprint density at radius 1 is 1.25 bits per heavy atom. The van der Waals surface area contributed by atoms with E-state index in [1.54, 1.807) is 12.1 Å². The number of carbonyl (C=O) groups is 2. The molecular weight excluding hydrogens is 204 g/mol. The van der Waals surface area contributed by atoms with Gasteiger partial charge in [-0.25, -0.2) is 4.79 Å². The number of hydrogen-bond donors (Lipinski definition) is 0. The summed E-state index contributed by atoms with van der Waals surface area (Å²) in [5.41, 5.74) is 2.30. The van der Waals surface area contributed by atoms with Crippen LogP contribution in [0.1, 0.15) is 34.3 Å². The summed E-state index contributed by atoms with van der Waals surface area (Å²) in [7, 11) is 0. The lowest BCUT2D eigenvalue weighted by Crippen LogP contribution is -2.19. The van der Waals surface area contributed by atoms with Crippen LogP contribution in [-0.4, -0.2) is 17.9 Å². The highest BCUT2D eigenvalue weighted by atomic mass is 16.6. The van der Waals surface area contributed by atoms with Crippen molar-refractivity contribution >= 4 is 11.8 Å². The minimum absolute atomic E-state index is 0.0263. The van der Waals surface area contributed by atoms with Gasteiger partial charge in [0, 0.05) is 5.56 Å². The van der Waals surface area contributed by atoms with Crippen LogP contribution >= 0.6 is 0 Å². The summed E-state index contributed by atoms with van der Waals surface area (Å²) in [6.45, 7) is 3.76. The highest BCUT2D eigenvalue weighted by Crippen LogP contribution is 2.24. The first kappa shape index (κ1) is 10.9. The predicted octanol–water partition coefficient (Wildman–Crippen LogP) is 2.19. The lowest BCUT2D eigenvalue weighted by atomic mass is 10.0. The lowest BCUT2D eigenvalue weighted by molar-refractivity contribution is -0.139. The van der Waals surface area contributed by atoms with Crippen molar-refractivity contribution in [2.45, 2.75) is 32.8 Å². The summed E-state index contributed by atoms with van der Waals surface area (Å²) in [5.74, 6) is -1.26. The Balaban J connectivity index is 2.19. The maximum absolute atomic E-state index is 11.8. The molecule has 3 nitrogen and oxygen atoms in total. The van der Waals surface area contributed by atoms with Crippen molar-refractivity contribution in [3.05, 3.63) is 34.9 Å². The van der Waals surface area contributed by atoms with E-state index in [1.807, 2.05) is 19.9 Å². The molecule has 0 spiro atoms. The Labute approximate surface area is 94.4 Å². The molecule has 1 aliphatic rings. The fraction of sp³-hybridized carbons (Fsp3) is 0.385. The maximum atomic E-state index is 11.8. The molecule has 1 aromatic rings. The molecule has 0 bridgehead atoms. The van der Waals surface area contributed by atoms with Crippen molar-refractivity contribution in [1.29, 1.82) is 0 Å². The summed E-state index contributed by atoms with van der Waals surface area (Å²) < 4.78 is 4.98. The van der Waals surface area contributed by atoms with Crippen LogP contribution < -0.4 is 0 Å². The van der Waals surface area contributed by atoms with E-state index in [0.717, 1.165) is 24.0 Å². The average molecular weight is 218 g/mol. The average Bonchev–Trinajstić information content (AvgIpc) is 3.05. The van der Waals surface area contributed by atoms with E-state index in [1.165, 1.54) is 0 Å². The molecular formula is C13H14O3. The number of esters is 1. The van der Waals surface area contributed by atoms with Gasteiger partial charge in [0.15, 0.2) is 0 Å². The minimum Gasteiger partial charge on any atom is -0.456 e. The Morgan fingerprint density at radius 3 is 2.56 bits per heavy atom. The number of aryl methyl sites for hydroxylation is 1. The molecule has 1 saturated carbocycles. The lowest BCUT2D eigenvalue weighted by Gasteiger charge is -2.07. The van der Waals surface area contributed by atoms with E-state index < -0.39 is 11.8 Å². The van der Waals surface area contributed by atoms with Crippen molar-refractivity contribution in [2.24, 2.45) is 0 Å². The molecule has 1 aliphatic carbocycles. The second-order valence-electron chi connectivity index (χ2n) is 4.18. The quantitative estimate of drug-likeness (QED) is 0.443. The van der Waals surface area contributed by atoms with Crippen molar-refractivity contribution in [3.8, 4) is 0 Å². The van der Waals surface area contributed by atoms with Gasteiger partial charge in [-0.1, -0.05) is 18.2 Å².